The fourth-order valence-corrected chi connectivity index (χ4v) is 6.82. The molecule has 4 nitrogen and oxygen atoms in total. The van der Waals surface area contributed by atoms with Gasteiger partial charge < -0.3 is 15.5 Å². The van der Waals surface area contributed by atoms with Crippen LogP contribution in [0.1, 0.15) is 61.1 Å². The summed E-state index contributed by atoms with van der Waals surface area (Å²) < 4.78 is 0. The molecule has 3 aliphatic rings. The van der Waals surface area contributed by atoms with Gasteiger partial charge in [0.1, 0.15) is 11.2 Å². The molecule has 0 radical (unpaired) electrons. The van der Waals surface area contributed by atoms with Crippen molar-refractivity contribution in [3.63, 3.8) is 0 Å². The van der Waals surface area contributed by atoms with Crippen LogP contribution in [-0.4, -0.2) is 28.8 Å². The molecule has 5 rings (SSSR count). The zero-order valence-corrected chi connectivity index (χ0v) is 17.4. The van der Waals surface area contributed by atoms with E-state index in [2.05, 4.69) is 5.32 Å². The number of nitrogens with one attached hydrogen (secondary N) is 1. The molecule has 4 unspecified atom stereocenters. The molecule has 3 fully saturated rings. The molecule has 158 valence electrons. The SMILES string of the molecule is O=C(O)C(Cc1ccccc1)(c1cccc(O)c1C1CCCC1)C1C2CCC1NC2. The van der Waals surface area contributed by atoms with Gasteiger partial charge in [-0.2, -0.15) is 0 Å². The number of phenolic OH excluding ortho intramolecular Hbond substituents is 1. The lowest BCUT2D eigenvalue weighted by molar-refractivity contribution is -0.147. The minimum absolute atomic E-state index is 0.0390. The van der Waals surface area contributed by atoms with Crippen molar-refractivity contribution < 1.29 is 15.0 Å². The average molecular weight is 406 g/mol. The van der Waals surface area contributed by atoms with E-state index in [4.69, 9.17) is 0 Å². The first-order chi connectivity index (χ1) is 14.6. The molecule has 1 heterocycles. The third kappa shape index (κ3) is 3.04. The number of benzene rings is 2. The van der Waals surface area contributed by atoms with Gasteiger partial charge in [-0.15, -0.1) is 0 Å². The van der Waals surface area contributed by atoms with Gasteiger partial charge in [0.2, 0.25) is 0 Å². The maximum atomic E-state index is 13.3. The van der Waals surface area contributed by atoms with Crippen LogP contribution < -0.4 is 5.32 Å². The van der Waals surface area contributed by atoms with Gasteiger partial charge >= 0.3 is 5.97 Å². The molecule has 30 heavy (non-hydrogen) atoms. The van der Waals surface area contributed by atoms with Crippen LogP contribution in [0.3, 0.4) is 0 Å². The second-order valence-corrected chi connectivity index (χ2v) is 9.54. The molecule has 2 bridgehead atoms. The lowest BCUT2D eigenvalue weighted by Crippen LogP contribution is -2.50. The third-order valence-corrected chi connectivity index (χ3v) is 8.04. The van der Waals surface area contributed by atoms with Crippen LogP contribution in [0.25, 0.3) is 0 Å². The van der Waals surface area contributed by atoms with Gasteiger partial charge in [0.25, 0.3) is 0 Å². The Kier molecular flexibility index (Phi) is 5.06. The first-order valence-electron chi connectivity index (χ1n) is 11.4. The molecular weight excluding hydrogens is 374 g/mol. The number of rotatable bonds is 6. The molecule has 2 aromatic rings. The highest BCUT2D eigenvalue weighted by molar-refractivity contribution is 5.84. The van der Waals surface area contributed by atoms with Gasteiger partial charge in [-0.1, -0.05) is 55.3 Å². The van der Waals surface area contributed by atoms with Crippen LogP contribution in [0.4, 0.5) is 0 Å². The first kappa shape index (κ1) is 19.6. The molecule has 0 spiro atoms. The summed E-state index contributed by atoms with van der Waals surface area (Å²) >= 11 is 0. The van der Waals surface area contributed by atoms with E-state index in [0.717, 1.165) is 61.8 Å². The highest BCUT2D eigenvalue weighted by Crippen LogP contribution is 2.54. The van der Waals surface area contributed by atoms with Crippen LogP contribution in [0.2, 0.25) is 0 Å². The minimum atomic E-state index is -1.03. The van der Waals surface area contributed by atoms with Crippen molar-refractivity contribution in [2.75, 3.05) is 6.54 Å². The van der Waals surface area contributed by atoms with Gasteiger partial charge in [0, 0.05) is 11.6 Å². The third-order valence-electron chi connectivity index (χ3n) is 8.04. The van der Waals surface area contributed by atoms with Gasteiger partial charge in [-0.25, -0.2) is 0 Å². The first-order valence-corrected chi connectivity index (χ1v) is 11.4. The zero-order valence-electron chi connectivity index (χ0n) is 17.4. The lowest BCUT2D eigenvalue weighted by Gasteiger charge is -2.40. The van der Waals surface area contributed by atoms with E-state index in [1.807, 2.05) is 42.5 Å². The largest absolute Gasteiger partial charge is 0.508 e. The Labute approximate surface area is 178 Å². The summed E-state index contributed by atoms with van der Waals surface area (Å²) in [4.78, 5) is 13.3. The molecule has 0 aromatic heterocycles. The van der Waals surface area contributed by atoms with Crippen molar-refractivity contribution in [1.29, 1.82) is 0 Å². The van der Waals surface area contributed by atoms with Crippen molar-refractivity contribution in [1.82, 2.24) is 5.32 Å². The predicted molar refractivity (Wildman–Crippen MR) is 117 cm³/mol. The van der Waals surface area contributed by atoms with Crippen molar-refractivity contribution >= 4 is 5.97 Å². The summed E-state index contributed by atoms with van der Waals surface area (Å²) in [5, 5.41) is 25.5. The fraction of sp³-hybridized carbons (Fsp3) is 0.500. The quantitative estimate of drug-likeness (QED) is 0.656. The zero-order chi connectivity index (χ0) is 20.7. The molecule has 2 aromatic carbocycles. The monoisotopic (exact) mass is 405 g/mol. The summed E-state index contributed by atoms with van der Waals surface area (Å²) in [7, 11) is 0. The standard InChI is InChI=1S/C26H31NO3/c28-22-12-6-11-20(23(22)18-9-4-5-10-18)26(25(29)30,15-17-7-2-1-3-8-17)24-19-13-14-21(24)27-16-19/h1-3,6-8,11-12,18-19,21,24,27-28H,4-5,9-10,13-16H2,(H,29,30). The number of hydrogen-bond acceptors (Lipinski definition) is 3. The maximum Gasteiger partial charge on any atom is 0.314 e. The molecule has 1 saturated heterocycles. The average Bonchev–Trinajstić information content (AvgIpc) is 3.50. The highest BCUT2D eigenvalue weighted by atomic mass is 16.4. The normalized spacial score (nSPS) is 27.9. The molecule has 2 saturated carbocycles. The van der Waals surface area contributed by atoms with E-state index < -0.39 is 11.4 Å². The topological polar surface area (TPSA) is 69.6 Å². The van der Waals surface area contributed by atoms with E-state index in [1.165, 1.54) is 0 Å². The maximum absolute atomic E-state index is 13.3. The number of fused-ring (bicyclic) bond motifs is 2. The van der Waals surface area contributed by atoms with Crippen molar-refractivity contribution in [2.45, 2.75) is 62.3 Å². The van der Waals surface area contributed by atoms with E-state index >= 15 is 0 Å². The van der Waals surface area contributed by atoms with E-state index in [-0.39, 0.29) is 23.6 Å². The number of carboxylic acids is 1. The number of aliphatic carboxylic acids is 1. The van der Waals surface area contributed by atoms with Gasteiger partial charge in [-0.05, 0) is 73.6 Å². The molecule has 3 N–H and O–H groups in total. The van der Waals surface area contributed by atoms with Crippen molar-refractivity contribution in [3.05, 3.63) is 65.2 Å². The molecule has 4 heteroatoms. The summed E-state index contributed by atoms with van der Waals surface area (Å²) in [5.41, 5.74) is 1.77. The smallest absolute Gasteiger partial charge is 0.314 e. The Morgan fingerprint density at radius 1 is 1.00 bits per heavy atom. The summed E-state index contributed by atoms with van der Waals surface area (Å²) in [6, 6.07) is 15.9. The molecule has 0 amide bonds. The van der Waals surface area contributed by atoms with Gasteiger partial charge in [0.15, 0.2) is 0 Å². The number of carbonyl (C=O) groups is 1. The van der Waals surface area contributed by atoms with E-state index in [0.29, 0.717) is 12.3 Å². The minimum Gasteiger partial charge on any atom is -0.508 e. The van der Waals surface area contributed by atoms with Crippen LogP contribution in [0, 0.1) is 11.8 Å². The fourth-order valence-electron chi connectivity index (χ4n) is 6.82. The second kappa shape index (κ2) is 7.73. The number of aromatic hydroxyl groups is 1. The van der Waals surface area contributed by atoms with Crippen LogP contribution in [-0.2, 0) is 16.6 Å². The Bertz CT molecular complexity index is 901. The van der Waals surface area contributed by atoms with Gasteiger partial charge in [0.05, 0.1) is 0 Å². The van der Waals surface area contributed by atoms with E-state index in [9.17, 15) is 15.0 Å². The Hall–Kier alpha value is -2.33. The number of carboxylic acid groups (broad SMARTS) is 1. The highest BCUT2D eigenvalue weighted by Gasteiger charge is 2.59. The summed E-state index contributed by atoms with van der Waals surface area (Å²) in [6.07, 6.45) is 6.94. The number of phenols is 1. The van der Waals surface area contributed by atoms with Crippen LogP contribution in [0.5, 0.6) is 5.75 Å². The second-order valence-electron chi connectivity index (χ2n) is 9.54. The van der Waals surface area contributed by atoms with Crippen LogP contribution >= 0.6 is 0 Å². The lowest BCUT2D eigenvalue weighted by atomic mass is 9.61. The molecule has 4 atom stereocenters. The Morgan fingerprint density at radius 2 is 1.77 bits per heavy atom. The molecular formula is C26H31NO3. The Balaban J connectivity index is 1.73. The van der Waals surface area contributed by atoms with Gasteiger partial charge in [-0.3, -0.25) is 4.79 Å². The number of hydrogen-bond donors (Lipinski definition) is 3. The molecule has 2 aliphatic carbocycles. The number of piperidine rings is 1. The van der Waals surface area contributed by atoms with Crippen LogP contribution in [0.15, 0.2) is 48.5 Å². The van der Waals surface area contributed by atoms with Crippen molar-refractivity contribution in [2.24, 2.45) is 11.8 Å². The predicted octanol–water partition coefficient (Wildman–Crippen LogP) is 4.61. The van der Waals surface area contributed by atoms with Crippen molar-refractivity contribution in [3.8, 4) is 5.75 Å². The molecule has 1 aliphatic heterocycles. The van der Waals surface area contributed by atoms with E-state index in [1.54, 1.807) is 6.07 Å². The summed E-state index contributed by atoms with van der Waals surface area (Å²) in [6.45, 7) is 0.900. The summed E-state index contributed by atoms with van der Waals surface area (Å²) in [5.74, 6) is 0.187. The Morgan fingerprint density at radius 3 is 2.37 bits per heavy atom.